The molecular weight excluding hydrogens is 273 g/mol. The summed E-state index contributed by atoms with van der Waals surface area (Å²) in [6.45, 7) is 2.81. The Morgan fingerprint density at radius 2 is 1.88 bits per heavy atom. The van der Waals surface area contributed by atoms with E-state index in [0.717, 1.165) is 5.56 Å². The van der Waals surface area contributed by atoms with E-state index in [4.69, 9.17) is 23.2 Å². The minimum atomic E-state index is 0.308. The predicted octanol–water partition coefficient (Wildman–Crippen LogP) is 4.91. The number of hydrogen-bond donors (Lipinski definition) is 1. The van der Waals surface area contributed by atoms with Crippen LogP contribution in [0.4, 0.5) is 0 Å². The molecule has 0 saturated heterocycles. The smallest absolute Gasteiger partial charge is 0.0465 e. The van der Waals surface area contributed by atoms with Crippen molar-refractivity contribution in [2.45, 2.75) is 19.5 Å². The summed E-state index contributed by atoms with van der Waals surface area (Å²) in [5.41, 5.74) is 0.958. The van der Waals surface area contributed by atoms with Gasteiger partial charge in [-0.1, -0.05) is 35.3 Å². The summed E-state index contributed by atoms with van der Waals surface area (Å²) < 4.78 is 0. The minimum Gasteiger partial charge on any atom is -0.305 e. The number of thiophene rings is 1. The van der Waals surface area contributed by atoms with E-state index >= 15 is 0 Å². The average molecular weight is 286 g/mol. The molecule has 0 radical (unpaired) electrons. The lowest BCUT2D eigenvalue weighted by Crippen LogP contribution is -2.17. The highest BCUT2D eigenvalue weighted by molar-refractivity contribution is 7.10. The highest BCUT2D eigenvalue weighted by Crippen LogP contribution is 2.25. The van der Waals surface area contributed by atoms with Gasteiger partial charge >= 0.3 is 0 Å². The number of hydrogen-bond acceptors (Lipinski definition) is 2. The van der Waals surface area contributed by atoms with Gasteiger partial charge in [0.1, 0.15) is 0 Å². The van der Waals surface area contributed by atoms with Gasteiger partial charge in [-0.2, -0.15) is 0 Å². The fourth-order valence-corrected chi connectivity index (χ4v) is 2.88. The summed E-state index contributed by atoms with van der Waals surface area (Å²) in [4.78, 5) is 1.31. The Kier molecular flexibility index (Phi) is 4.46. The van der Waals surface area contributed by atoms with Crippen molar-refractivity contribution in [3.05, 3.63) is 56.2 Å². The largest absolute Gasteiger partial charge is 0.305 e. The van der Waals surface area contributed by atoms with Crippen LogP contribution in [0.25, 0.3) is 0 Å². The zero-order valence-corrected chi connectivity index (χ0v) is 11.7. The third-order valence-corrected chi connectivity index (χ3v) is 4.38. The predicted molar refractivity (Wildman–Crippen MR) is 76.0 cm³/mol. The molecule has 0 aliphatic carbocycles. The van der Waals surface area contributed by atoms with Crippen molar-refractivity contribution < 1.29 is 0 Å². The van der Waals surface area contributed by atoms with E-state index in [1.165, 1.54) is 4.88 Å². The molecule has 1 atom stereocenters. The molecule has 0 saturated carbocycles. The van der Waals surface area contributed by atoms with Crippen LogP contribution in [0.3, 0.4) is 0 Å². The van der Waals surface area contributed by atoms with Gasteiger partial charge in [0.05, 0.1) is 0 Å². The van der Waals surface area contributed by atoms with Crippen molar-refractivity contribution in [2.75, 3.05) is 0 Å². The molecular formula is C13H13Cl2NS. The van der Waals surface area contributed by atoms with Crippen molar-refractivity contribution in [2.24, 2.45) is 0 Å². The molecule has 0 fully saturated rings. The van der Waals surface area contributed by atoms with Gasteiger partial charge in [-0.05, 0) is 30.5 Å². The second-order valence-corrected chi connectivity index (χ2v) is 5.61. The summed E-state index contributed by atoms with van der Waals surface area (Å²) in [6.07, 6.45) is 0. The van der Waals surface area contributed by atoms with E-state index in [2.05, 4.69) is 29.8 Å². The molecule has 0 amide bonds. The Labute approximate surface area is 115 Å². The first kappa shape index (κ1) is 12.9. The van der Waals surface area contributed by atoms with E-state index in [9.17, 15) is 0 Å². The van der Waals surface area contributed by atoms with Gasteiger partial charge in [-0.15, -0.1) is 11.3 Å². The second kappa shape index (κ2) is 5.87. The number of halogens is 2. The van der Waals surface area contributed by atoms with Crippen LogP contribution >= 0.6 is 34.5 Å². The van der Waals surface area contributed by atoms with Crippen LogP contribution in [0.1, 0.15) is 23.4 Å². The topological polar surface area (TPSA) is 12.0 Å². The van der Waals surface area contributed by atoms with Gasteiger partial charge in [0.15, 0.2) is 0 Å². The van der Waals surface area contributed by atoms with Crippen LogP contribution in [0.2, 0.25) is 10.0 Å². The summed E-state index contributed by atoms with van der Waals surface area (Å²) >= 11 is 14.0. The molecule has 2 rings (SSSR count). The van der Waals surface area contributed by atoms with Gasteiger partial charge in [0.2, 0.25) is 0 Å². The quantitative estimate of drug-likeness (QED) is 0.842. The van der Waals surface area contributed by atoms with Crippen LogP contribution < -0.4 is 5.32 Å². The SMILES string of the molecule is C[C@H](NCc1c(Cl)cccc1Cl)c1cccs1. The molecule has 1 aromatic carbocycles. The van der Waals surface area contributed by atoms with Gasteiger partial charge < -0.3 is 5.32 Å². The molecule has 0 aliphatic heterocycles. The molecule has 90 valence electrons. The molecule has 0 unspecified atom stereocenters. The monoisotopic (exact) mass is 285 g/mol. The zero-order chi connectivity index (χ0) is 12.3. The number of nitrogens with one attached hydrogen (secondary N) is 1. The molecule has 1 N–H and O–H groups in total. The first-order chi connectivity index (χ1) is 8.18. The zero-order valence-electron chi connectivity index (χ0n) is 9.41. The molecule has 2 aromatic rings. The van der Waals surface area contributed by atoms with Crippen LogP contribution in [0.5, 0.6) is 0 Å². The third kappa shape index (κ3) is 3.23. The van der Waals surface area contributed by atoms with E-state index in [0.29, 0.717) is 22.6 Å². The molecule has 0 bridgehead atoms. The lowest BCUT2D eigenvalue weighted by Gasteiger charge is -2.13. The van der Waals surface area contributed by atoms with E-state index < -0.39 is 0 Å². The van der Waals surface area contributed by atoms with Crippen molar-refractivity contribution in [1.29, 1.82) is 0 Å². The van der Waals surface area contributed by atoms with Gasteiger partial charge in [0.25, 0.3) is 0 Å². The second-order valence-electron chi connectivity index (χ2n) is 3.82. The van der Waals surface area contributed by atoms with Gasteiger partial charge in [-0.25, -0.2) is 0 Å². The van der Waals surface area contributed by atoms with Crippen molar-refractivity contribution in [3.63, 3.8) is 0 Å². The third-order valence-electron chi connectivity index (χ3n) is 2.62. The molecule has 0 aliphatic rings. The maximum atomic E-state index is 6.12. The van der Waals surface area contributed by atoms with E-state index in [-0.39, 0.29) is 0 Å². The fourth-order valence-electron chi connectivity index (χ4n) is 1.59. The molecule has 17 heavy (non-hydrogen) atoms. The van der Waals surface area contributed by atoms with Gasteiger partial charge in [-0.3, -0.25) is 0 Å². The van der Waals surface area contributed by atoms with Crippen LogP contribution in [-0.4, -0.2) is 0 Å². The van der Waals surface area contributed by atoms with Crippen molar-refractivity contribution in [3.8, 4) is 0 Å². The summed E-state index contributed by atoms with van der Waals surface area (Å²) in [5.74, 6) is 0. The van der Waals surface area contributed by atoms with Crippen LogP contribution in [0, 0.1) is 0 Å². The Morgan fingerprint density at radius 3 is 2.47 bits per heavy atom. The van der Waals surface area contributed by atoms with Crippen LogP contribution in [0.15, 0.2) is 35.7 Å². The van der Waals surface area contributed by atoms with Gasteiger partial charge in [0, 0.05) is 33.1 Å². The van der Waals surface area contributed by atoms with Crippen molar-refractivity contribution >= 4 is 34.5 Å². The number of rotatable bonds is 4. The summed E-state index contributed by atoms with van der Waals surface area (Å²) in [7, 11) is 0. The van der Waals surface area contributed by atoms with E-state index in [1.807, 2.05) is 18.2 Å². The Morgan fingerprint density at radius 1 is 1.18 bits per heavy atom. The lowest BCUT2D eigenvalue weighted by molar-refractivity contribution is 0.583. The maximum absolute atomic E-state index is 6.12. The highest BCUT2D eigenvalue weighted by atomic mass is 35.5. The first-order valence-electron chi connectivity index (χ1n) is 5.38. The molecule has 1 nitrogen and oxygen atoms in total. The van der Waals surface area contributed by atoms with Crippen LogP contribution in [-0.2, 0) is 6.54 Å². The molecule has 0 spiro atoms. The highest BCUT2D eigenvalue weighted by Gasteiger charge is 2.09. The summed E-state index contributed by atoms with van der Waals surface area (Å²) in [5, 5.41) is 6.93. The normalized spacial score (nSPS) is 12.6. The van der Waals surface area contributed by atoms with Crippen molar-refractivity contribution in [1.82, 2.24) is 5.32 Å². The summed E-state index contributed by atoms with van der Waals surface area (Å²) in [6, 6.07) is 10.1. The molecule has 1 heterocycles. The maximum Gasteiger partial charge on any atom is 0.0465 e. The minimum absolute atomic E-state index is 0.308. The first-order valence-corrected chi connectivity index (χ1v) is 7.01. The average Bonchev–Trinajstić information content (AvgIpc) is 2.81. The fraction of sp³-hybridized carbons (Fsp3) is 0.231. The molecule has 1 aromatic heterocycles. The molecule has 4 heteroatoms. The van der Waals surface area contributed by atoms with E-state index in [1.54, 1.807) is 11.3 Å². The standard InChI is InChI=1S/C13H13Cl2NS/c1-9(13-6-3-7-17-13)16-8-10-11(14)4-2-5-12(10)15/h2-7,9,16H,8H2,1H3/t9-/m0/s1. The number of benzene rings is 1. The lowest BCUT2D eigenvalue weighted by atomic mass is 10.2. The Balaban J connectivity index is 2.03. The Hall–Kier alpha value is -0.540. The Bertz CT molecular complexity index is 462.